The molecule has 228 valence electrons. The third kappa shape index (κ3) is 6.07. The molecule has 0 bridgehead atoms. The Labute approximate surface area is 262 Å². The molecule has 2 aromatic heterocycles. The smallest absolute Gasteiger partial charge is 0.357 e. The fourth-order valence-electron chi connectivity index (χ4n) is 6.20. The van der Waals surface area contributed by atoms with Crippen molar-refractivity contribution in [3.63, 3.8) is 0 Å². The van der Waals surface area contributed by atoms with Crippen molar-refractivity contribution in [2.45, 2.75) is 76.2 Å². The molecule has 0 amide bonds. The second-order valence-corrected chi connectivity index (χ2v) is 11.8. The quantitative estimate of drug-likeness (QED) is 0.138. The molecule has 2 aromatic carbocycles. The lowest BCUT2D eigenvalue weighted by atomic mass is 9.80. The summed E-state index contributed by atoms with van der Waals surface area (Å²) in [5, 5.41) is 16.9. The first kappa shape index (κ1) is 29.8. The number of rotatable bonds is 13. The highest BCUT2D eigenvalue weighted by Crippen LogP contribution is 2.46. The predicted molar refractivity (Wildman–Crippen MR) is 171 cm³/mol. The number of carbonyl (C=O) groups is 1. The summed E-state index contributed by atoms with van der Waals surface area (Å²) in [6, 6.07) is 17.4. The SMILES string of the molecule is CCCCCCCC[C@@]1(C(=O)On2c(-c3ccccc3)nc3ccccc32)C(c2nn[nH]n2)CCN1OC1=CCC(=S)C=C1. The van der Waals surface area contributed by atoms with Crippen LogP contribution in [0.25, 0.3) is 22.4 Å². The number of nitrogens with zero attached hydrogens (tertiary/aromatic N) is 6. The number of benzene rings is 2. The zero-order valence-electron chi connectivity index (χ0n) is 24.9. The van der Waals surface area contributed by atoms with Crippen LogP contribution in [0.5, 0.6) is 0 Å². The molecule has 0 saturated carbocycles. The number of carbonyl (C=O) groups excluding carboxylic acids is 1. The Bertz CT molecular complexity index is 1650. The molecule has 3 heterocycles. The van der Waals surface area contributed by atoms with Gasteiger partial charge in [-0.05, 0) is 43.2 Å². The molecule has 0 spiro atoms. The van der Waals surface area contributed by atoms with E-state index in [1.54, 1.807) is 9.79 Å². The molecule has 1 fully saturated rings. The van der Waals surface area contributed by atoms with Crippen molar-refractivity contribution in [1.82, 2.24) is 35.4 Å². The number of imidazole rings is 1. The van der Waals surface area contributed by atoms with Gasteiger partial charge in [-0.2, -0.15) is 9.94 Å². The van der Waals surface area contributed by atoms with E-state index in [0.717, 1.165) is 35.2 Å². The molecule has 1 aliphatic heterocycles. The summed E-state index contributed by atoms with van der Waals surface area (Å²) in [5.41, 5.74) is 1.04. The van der Waals surface area contributed by atoms with Gasteiger partial charge in [0.25, 0.3) is 0 Å². The van der Waals surface area contributed by atoms with Gasteiger partial charge in [-0.15, -0.1) is 15.3 Å². The highest BCUT2D eigenvalue weighted by atomic mass is 32.1. The summed E-state index contributed by atoms with van der Waals surface area (Å²) in [7, 11) is 0. The minimum Gasteiger partial charge on any atom is -0.405 e. The van der Waals surface area contributed by atoms with E-state index in [2.05, 4.69) is 27.5 Å². The average Bonchev–Trinajstić information content (AvgIpc) is 3.79. The zero-order chi connectivity index (χ0) is 30.4. The number of hydrogen-bond donors (Lipinski definition) is 1. The Morgan fingerprint density at radius 1 is 1.05 bits per heavy atom. The topological polar surface area (TPSA) is 111 Å². The maximum Gasteiger partial charge on any atom is 0.357 e. The van der Waals surface area contributed by atoms with Gasteiger partial charge in [-0.25, -0.2) is 9.78 Å². The minimum atomic E-state index is -1.22. The number of hydrogen-bond acceptors (Lipinski definition) is 9. The first-order chi connectivity index (χ1) is 21.6. The molecule has 11 heteroatoms. The van der Waals surface area contributed by atoms with Gasteiger partial charge in [-0.3, -0.25) is 0 Å². The van der Waals surface area contributed by atoms with Crippen LogP contribution < -0.4 is 4.84 Å². The summed E-state index contributed by atoms with van der Waals surface area (Å²) >= 11 is 5.35. The highest BCUT2D eigenvalue weighted by molar-refractivity contribution is 7.80. The molecule has 1 unspecified atom stereocenters. The van der Waals surface area contributed by atoms with Gasteiger partial charge < -0.3 is 9.68 Å². The van der Waals surface area contributed by atoms with Crippen LogP contribution in [0.2, 0.25) is 0 Å². The summed E-state index contributed by atoms with van der Waals surface area (Å²) < 4.78 is 1.55. The molecule has 0 radical (unpaired) electrons. The number of aromatic amines is 1. The Balaban J connectivity index is 1.40. The molecule has 1 N–H and O–H groups in total. The molecule has 2 atom stereocenters. The van der Waals surface area contributed by atoms with Gasteiger partial charge in [0.2, 0.25) is 0 Å². The van der Waals surface area contributed by atoms with Gasteiger partial charge in [0, 0.05) is 23.4 Å². The van der Waals surface area contributed by atoms with Gasteiger partial charge in [0.1, 0.15) is 11.3 Å². The first-order valence-corrected chi connectivity index (χ1v) is 15.9. The third-order valence-corrected chi connectivity index (χ3v) is 8.76. The zero-order valence-corrected chi connectivity index (χ0v) is 25.7. The van der Waals surface area contributed by atoms with E-state index < -0.39 is 17.4 Å². The number of aromatic nitrogens is 6. The summed E-state index contributed by atoms with van der Waals surface area (Å²) in [4.78, 5) is 33.6. The molecule has 6 rings (SSSR count). The number of unbranched alkanes of at least 4 members (excludes halogenated alkanes) is 5. The van der Waals surface area contributed by atoms with Crippen molar-refractivity contribution in [3.8, 4) is 11.4 Å². The van der Waals surface area contributed by atoms with Crippen molar-refractivity contribution in [1.29, 1.82) is 0 Å². The van der Waals surface area contributed by atoms with Gasteiger partial charge in [-0.1, -0.05) is 105 Å². The van der Waals surface area contributed by atoms with Crippen LogP contribution >= 0.6 is 12.2 Å². The lowest BCUT2D eigenvalue weighted by Gasteiger charge is -2.38. The Hall–Kier alpha value is -4.22. The van der Waals surface area contributed by atoms with Crippen molar-refractivity contribution < 1.29 is 14.5 Å². The second-order valence-electron chi connectivity index (χ2n) is 11.3. The Morgan fingerprint density at radius 2 is 1.84 bits per heavy atom. The van der Waals surface area contributed by atoms with Crippen LogP contribution in [0.3, 0.4) is 0 Å². The van der Waals surface area contributed by atoms with Crippen LogP contribution in [0, 0.1) is 0 Å². The van der Waals surface area contributed by atoms with E-state index >= 15 is 0 Å². The van der Waals surface area contributed by atoms with Crippen LogP contribution in [-0.4, -0.2) is 58.3 Å². The molecular formula is C33H37N7O3S. The monoisotopic (exact) mass is 611 g/mol. The fourth-order valence-corrected chi connectivity index (χ4v) is 6.35. The first-order valence-electron chi connectivity index (χ1n) is 15.5. The molecule has 1 saturated heterocycles. The summed E-state index contributed by atoms with van der Waals surface area (Å²) in [6.45, 7) is 2.69. The number of nitrogens with one attached hydrogen (secondary N) is 1. The van der Waals surface area contributed by atoms with Gasteiger partial charge >= 0.3 is 5.97 Å². The van der Waals surface area contributed by atoms with Gasteiger partial charge in [0.15, 0.2) is 17.2 Å². The van der Waals surface area contributed by atoms with E-state index in [9.17, 15) is 4.79 Å². The molecular weight excluding hydrogens is 574 g/mol. The lowest BCUT2D eigenvalue weighted by molar-refractivity contribution is -0.201. The van der Waals surface area contributed by atoms with Crippen molar-refractivity contribution in [2.75, 3.05) is 6.54 Å². The fraction of sp³-hybridized carbons (Fsp3) is 0.394. The molecule has 1 aliphatic carbocycles. The van der Waals surface area contributed by atoms with E-state index in [1.807, 2.05) is 72.8 Å². The number of allylic oxidation sites excluding steroid dienone is 3. The maximum atomic E-state index is 14.9. The minimum absolute atomic E-state index is 0.409. The second kappa shape index (κ2) is 13.6. The third-order valence-electron chi connectivity index (χ3n) is 8.46. The summed E-state index contributed by atoms with van der Waals surface area (Å²) in [5.74, 6) is 0.795. The van der Waals surface area contributed by atoms with E-state index in [4.69, 9.17) is 26.9 Å². The van der Waals surface area contributed by atoms with Crippen LogP contribution in [-0.2, 0) is 9.63 Å². The highest BCUT2D eigenvalue weighted by Gasteiger charge is 2.60. The number of tetrazole rings is 1. The van der Waals surface area contributed by atoms with E-state index in [-0.39, 0.29) is 0 Å². The number of fused-ring (bicyclic) bond motifs is 1. The van der Waals surface area contributed by atoms with Crippen molar-refractivity contribution >= 4 is 34.1 Å². The Kier molecular flexibility index (Phi) is 9.23. The lowest BCUT2D eigenvalue weighted by Crippen LogP contribution is -2.56. The maximum absolute atomic E-state index is 14.9. The summed E-state index contributed by atoms with van der Waals surface area (Å²) in [6.07, 6.45) is 13.8. The van der Waals surface area contributed by atoms with Crippen LogP contribution in [0.4, 0.5) is 0 Å². The van der Waals surface area contributed by atoms with Crippen LogP contribution in [0.1, 0.15) is 76.5 Å². The molecule has 2 aliphatic rings. The van der Waals surface area contributed by atoms with Crippen molar-refractivity contribution in [2.24, 2.45) is 0 Å². The number of para-hydroxylation sites is 2. The van der Waals surface area contributed by atoms with E-state index in [1.165, 1.54) is 19.3 Å². The number of H-pyrrole nitrogens is 1. The largest absolute Gasteiger partial charge is 0.405 e. The predicted octanol–water partition coefficient (Wildman–Crippen LogP) is 6.30. The standard InChI is InChI=1S/C33H37N7O3S/c1-2-3-4-5-6-12-22-33(27(30-35-37-38-36-30)21-23-39(33)42-25-17-19-26(44)20-18-25)32(41)43-40-29-16-11-10-15-28(29)34-31(40)24-13-8-7-9-14-24/h7-11,13-19,27H,2-6,12,20-23H2,1H3,(H,35,36,37,38)/t27?,33-/m0/s1. The molecule has 4 aromatic rings. The van der Waals surface area contributed by atoms with E-state index in [0.29, 0.717) is 48.7 Å². The normalized spacial score (nSPS) is 20.2. The van der Waals surface area contributed by atoms with Crippen LogP contribution in [0.15, 0.2) is 78.6 Å². The average molecular weight is 612 g/mol. The Morgan fingerprint density at radius 3 is 2.61 bits per heavy atom. The van der Waals surface area contributed by atoms with Gasteiger partial charge in [0.05, 0.1) is 11.4 Å². The number of thiocarbonyl (C=S) groups is 1. The number of hydroxylamine groups is 2. The van der Waals surface area contributed by atoms with Crippen molar-refractivity contribution in [3.05, 3.63) is 84.4 Å². The molecule has 44 heavy (non-hydrogen) atoms. The molecule has 10 nitrogen and oxygen atoms in total.